The summed E-state index contributed by atoms with van der Waals surface area (Å²) >= 11 is 0. The molecule has 0 spiro atoms. The molecule has 204 valence electrons. The van der Waals surface area contributed by atoms with Gasteiger partial charge in [-0.3, -0.25) is 9.59 Å². The highest BCUT2D eigenvalue weighted by Gasteiger charge is 2.36. The highest BCUT2D eigenvalue weighted by Crippen LogP contribution is 2.38. The number of hydrazone groups is 1. The summed E-state index contributed by atoms with van der Waals surface area (Å²) in [5.74, 6) is 1.01. The number of nitrogens with zero attached hydrogens (tertiary/aromatic N) is 3. The Kier molecular flexibility index (Phi) is 9.05. The molecular weight excluding hydrogens is 482 g/mol. The molecule has 8 nitrogen and oxygen atoms in total. The van der Waals surface area contributed by atoms with E-state index in [4.69, 9.17) is 19.3 Å². The summed E-state index contributed by atoms with van der Waals surface area (Å²) in [6.45, 7) is 4.87. The van der Waals surface area contributed by atoms with Gasteiger partial charge in [0.1, 0.15) is 6.54 Å². The van der Waals surface area contributed by atoms with Crippen molar-refractivity contribution in [3.8, 4) is 11.5 Å². The highest BCUT2D eigenvalue weighted by atomic mass is 16.5. The molecule has 1 saturated carbocycles. The van der Waals surface area contributed by atoms with Gasteiger partial charge in [-0.05, 0) is 67.1 Å². The second-order valence-electron chi connectivity index (χ2n) is 10.2. The number of rotatable bonds is 10. The van der Waals surface area contributed by atoms with Crippen LogP contribution in [0.2, 0.25) is 0 Å². The average molecular weight is 522 g/mol. The number of ether oxygens (including phenoxy) is 3. The molecule has 2 aromatic carbocycles. The van der Waals surface area contributed by atoms with Crippen LogP contribution in [-0.4, -0.2) is 68.5 Å². The maximum absolute atomic E-state index is 13.8. The summed E-state index contributed by atoms with van der Waals surface area (Å²) in [6, 6.07) is 11.6. The van der Waals surface area contributed by atoms with Gasteiger partial charge in [0.25, 0.3) is 5.91 Å². The van der Waals surface area contributed by atoms with Crippen molar-refractivity contribution in [2.75, 3.05) is 41.0 Å². The largest absolute Gasteiger partial charge is 0.493 e. The summed E-state index contributed by atoms with van der Waals surface area (Å²) in [4.78, 5) is 28.8. The number of hydrogen-bond donors (Lipinski definition) is 0. The van der Waals surface area contributed by atoms with Gasteiger partial charge in [-0.1, -0.05) is 31.0 Å². The average Bonchev–Trinajstić information content (AvgIpc) is 3.63. The third kappa shape index (κ3) is 6.01. The number of benzene rings is 2. The van der Waals surface area contributed by atoms with Gasteiger partial charge in [0.05, 0.1) is 32.6 Å². The summed E-state index contributed by atoms with van der Waals surface area (Å²) in [7, 11) is 4.80. The van der Waals surface area contributed by atoms with E-state index >= 15 is 0 Å². The Balaban J connectivity index is 1.65. The molecule has 0 bridgehead atoms. The van der Waals surface area contributed by atoms with Gasteiger partial charge < -0.3 is 19.1 Å². The van der Waals surface area contributed by atoms with Crippen LogP contribution in [-0.2, 0) is 14.3 Å². The van der Waals surface area contributed by atoms with Gasteiger partial charge in [-0.2, -0.15) is 5.10 Å². The van der Waals surface area contributed by atoms with Crippen molar-refractivity contribution >= 4 is 17.5 Å². The fraction of sp³-hybridized carbons (Fsp3) is 0.500. The van der Waals surface area contributed by atoms with Crippen molar-refractivity contribution < 1.29 is 23.8 Å². The molecule has 1 fully saturated rings. The molecule has 38 heavy (non-hydrogen) atoms. The number of carbonyl (C=O) groups excluding carboxylic acids is 2. The fourth-order valence-electron chi connectivity index (χ4n) is 5.29. The lowest BCUT2D eigenvalue weighted by Crippen LogP contribution is -2.44. The lowest BCUT2D eigenvalue weighted by atomic mass is 9.96. The van der Waals surface area contributed by atoms with E-state index in [2.05, 4.69) is 32.0 Å². The molecule has 1 atom stereocenters. The number of aryl methyl sites for hydroxylation is 2. The van der Waals surface area contributed by atoms with Crippen molar-refractivity contribution in [2.24, 2.45) is 11.0 Å². The van der Waals surface area contributed by atoms with Gasteiger partial charge in [0.2, 0.25) is 5.91 Å². The van der Waals surface area contributed by atoms with E-state index in [0.717, 1.165) is 42.5 Å². The van der Waals surface area contributed by atoms with Crippen LogP contribution in [0.5, 0.6) is 11.5 Å². The van der Waals surface area contributed by atoms with E-state index in [1.165, 1.54) is 11.1 Å². The Hall–Kier alpha value is -3.39. The quantitative estimate of drug-likeness (QED) is 0.454. The van der Waals surface area contributed by atoms with Crippen LogP contribution in [0.15, 0.2) is 41.5 Å². The van der Waals surface area contributed by atoms with Crippen LogP contribution in [0.4, 0.5) is 0 Å². The minimum Gasteiger partial charge on any atom is -0.493 e. The lowest BCUT2D eigenvalue weighted by molar-refractivity contribution is -0.144. The van der Waals surface area contributed by atoms with Gasteiger partial charge in [0.15, 0.2) is 11.5 Å². The predicted molar refractivity (Wildman–Crippen MR) is 147 cm³/mol. The molecule has 8 heteroatoms. The van der Waals surface area contributed by atoms with Crippen LogP contribution in [0.1, 0.15) is 60.4 Å². The van der Waals surface area contributed by atoms with E-state index in [9.17, 15) is 9.59 Å². The first-order valence-electron chi connectivity index (χ1n) is 13.3. The zero-order valence-corrected chi connectivity index (χ0v) is 23.2. The predicted octanol–water partition coefficient (Wildman–Crippen LogP) is 4.66. The molecule has 0 N–H and O–H groups in total. The number of carbonyl (C=O) groups is 2. The monoisotopic (exact) mass is 521 g/mol. The number of amides is 2. The van der Waals surface area contributed by atoms with Crippen LogP contribution in [0.3, 0.4) is 0 Å². The van der Waals surface area contributed by atoms with Crippen molar-refractivity contribution in [3.05, 3.63) is 58.7 Å². The van der Waals surface area contributed by atoms with E-state index in [1.807, 2.05) is 18.2 Å². The topological polar surface area (TPSA) is 80.7 Å². The Bertz CT molecular complexity index is 1190. The van der Waals surface area contributed by atoms with Crippen molar-refractivity contribution in [3.63, 3.8) is 0 Å². The summed E-state index contributed by atoms with van der Waals surface area (Å²) in [5.41, 5.74) is 5.10. The molecule has 2 amide bonds. The molecular formula is C30H39N3O5. The van der Waals surface area contributed by atoms with Crippen LogP contribution < -0.4 is 9.47 Å². The van der Waals surface area contributed by atoms with Crippen molar-refractivity contribution in [2.45, 2.75) is 52.0 Å². The smallest absolute Gasteiger partial charge is 0.262 e. The molecule has 2 aliphatic rings. The number of methoxy groups -OCH3 is 3. The summed E-state index contributed by atoms with van der Waals surface area (Å²) in [6.07, 6.45) is 4.42. The number of hydrogen-bond acceptors (Lipinski definition) is 6. The van der Waals surface area contributed by atoms with Gasteiger partial charge in [-0.15, -0.1) is 0 Å². The van der Waals surface area contributed by atoms with Gasteiger partial charge >= 0.3 is 0 Å². The van der Waals surface area contributed by atoms with E-state index < -0.39 is 0 Å². The minimum absolute atomic E-state index is 0.0190. The molecule has 1 aliphatic carbocycles. The highest BCUT2D eigenvalue weighted by molar-refractivity contribution is 6.03. The SMILES string of the molecule is COCCN(CC(=O)N1N=C(c2ccc(C)c(C)c2)CC1c1ccc(OC)c(OC)c1)C(=O)C1CCCC1. The zero-order chi connectivity index (χ0) is 27.2. The summed E-state index contributed by atoms with van der Waals surface area (Å²) < 4.78 is 16.2. The van der Waals surface area contributed by atoms with E-state index in [1.54, 1.807) is 31.2 Å². The second-order valence-corrected chi connectivity index (χ2v) is 10.2. The molecule has 2 aromatic rings. The fourth-order valence-corrected chi connectivity index (χ4v) is 5.29. The standard InChI is InChI=1S/C30H39N3O5/c1-20-10-11-23(16-21(20)2)25-18-26(24-12-13-27(37-4)28(17-24)38-5)33(31-25)29(34)19-32(14-15-36-3)30(35)22-8-6-7-9-22/h10-13,16-17,22,26H,6-9,14-15,18-19H2,1-5H3. The molecule has 4 rings (SSSR count). The first kappa shape index (κ1) is 27.6. The Morgan fingerprint density at radius 3 is 2.37 bits per heavy atom. The molecule has 1 unspecified atom stereocenters. The van der Waals surface area contributed by atoms with Crippen LogP contribution in [0, 0.1) is 19.8 Å². The first-order chi connectivity index (χ1) is 18.4. The maximum Gasteiger partial charge on any atom is 0.262 e. The first-order valence-corrected chi connectivity index (χ1v) is 13.3. The van der Waals surface area contributed by atoms with E-state index in [0.29, 0.717) is 31.1 Å². The molecule has 0 radical (unpaired) electrons. The second kappa shape index (κ2) is 12.4. The zero-order valence-electron chi connectivity index (χ0n) is 23.2. The molecule has 0 aromatic heterocycles. The maximum atomic E-state index is 13.8. The Morgan fingerprint density at radius 2 is 1.71 bits per heavy atom. The summed E-state index contributed by atoms with van der Waals surface area (Å²) in [5, 5.41) is 6.38. The lowest BCUT2D eigenvalue weighted by Gasteiger charge is -2.28. The third-order valence-corrected chi connectivity index (χ3v) is 7.71. The molecule has 1 aliphatic heterocycles. The Morgan fingerprint density at radius 1 is 0.974 bits per heavy atom. The molecule has 1 heterocycles. The van der Waals surface area contributed by atoms with Crippen molar-refractivity contribution in [1.82, 2.24) is 9.91 Å². The van der Waals surface area contributed by atoms with Gasteiger partial charge in [-0.25, -0.2) is 5.01 Å². The Labute approximate surface area is 225 Å². The third-order valence-electron chi connectivity index (χ3n) is 7.71. The van der Waals surface area contributed by atoms with Crippen molar-refractivity contribution in [1.29, 1.82) is 0 Å². The van der Waals surface area contributed by atoms with Gasteiger partial charge in [0, 0.05) is 26.0 Å². The van der Waals surface area contributed by atoms with Crippen LogP contribution in [0.25, 0.3) is 0 Å². The van der Waals surface area contributed by atoms with Crippen LogP contribution >= 0.6 is 0 Å². The normalized spacial score (nSPS) is 17.4. The minimum atomic E-state index is -0.329. The molecule has 0 saturated heterocycles. The van der Waals surface area contributed by atoms with E-state index in [-0.39, 0.29) is 30.3 Å².